The number of nitrogens with one attached hydrogen (secondary N) is 1. The normalized spacial score (nSPS) is 13.3. The summed E-state index contributed by atoms with van der Waals surface area (Å²) in [7, 11) is 0. The molecule has 1 heterocycles. The number of fused-ring (bicyclic) bond motifs is 1. The van der Waals surface area contributed by atoms with Crippen molar-refractivity contribution in [3.05, 3.63) is 23.3 Å². The first-order valence-corrected chi connectivity index (χ1v) is 4.64. The van der Waals surface area contributed by atoms with Gasteiger partial charge < -0.3 is 14.7 Å². The van der Waals surface area contributed by atoms with Gasteiger partial charge in [0.15, 0.2) is 11.5 Å². The van der Waals surface area contributed by atoms with Gasteiger partial charge in [0.1, 0.15) is 0 Å². The second-order valence-corrected chi connectivity index (χ2v) is 3.13. The molecule has 0 spiro atoms. The summed E-state index contributed by atoms with van der Waals surface area (Å²) in [6, 6.07) is 3.81. The highest BCUT2D eigenvalue weighted by Gasteiger charge is 2.19. The summed E-state index contributed by atoms with van der Waals surface area (Å²) in [5.74, 6) is 1.61. The topological polar surface area (TPSA) is 50.7 Å². The molecule has 0 aliphatic carbocycles. The zero-order valence-corrected chi connectivity index (χ0v) is 8.04. The van der Waals surface area contributed by atoms with Crippen molar-refractivity contribution in [2.24, 2.45) is 0 Å². The lowest BCUT2D eigenvalue weighted by molar-refractivity contribution is 0.160. The number of rotatable bonds is 3. The zero-order chi connectivity index (χ0) is 9.97. The largest absolute Gasteiger partial charge is 0.454 e. The van der Waals surface area contributed by atoms with Crippen LogP contribution in [0.2, 0.25) is 0 Å². The molecule has 0 saturated carbocycles. The number of hydrogen-bond donors (Lipinski definition) is 2. The molecule has 1 aromatic rings. The van der Waals surface area contributed by atoms with Gasteiger partial charge in [-0.3, -0.25) is 0 Å². The Kier molecular flexibility index (Phi) is 2.56. The van der Waals surface area contributed by atoms with Crippen LogP contribution in [0.5, 0.6) is 11.5 Å². The summed E-state index contributed by atoms with van der Waals surface area (Å²) in [5, 5.41) is 8.67. The van der Waals surface area contributed by atoms with E-state index >= 15 is 0 Å². The molecule has 0 atom stereocenters. The van der Waals surface area contributed by atoms with Crippen molar-refractivity contribution >= 4 is 0 Å². The van der Waals surface area contributed by atoms with Crippen molar-refractivity contribution < 1.29 is 14.7 Å². The average molecular weight is 195 g/mol. The van der Waals surface area contributed by atoms with Crippen LogP contribution in [-0.4, -0.2) is 12.0 Å². The van der Waals surface area contributed by atoms with Crippen molar-refractivity contribution in [2.75, 3.05) is 6.79 Å². The van der Waals surface area contributed by atoms with Crippen LogP contribution in [0, 0.1) is 0 Å². The molecule has 0 aromatic heterocycles. The molecule has 1 aliphatic heterocycles. The fourth-order valence-corrected chi connectivity index (χ4v) is 1.71. The van der Waals surface area contributed by atoms with Gasteiger partial charge in [-0.25, -0.2) is 5.48 Å². The van der Waals surface area contributed by atoms with E-state index in [1.54, 1.807) is 0 Å². The van der Waals surface area contributed by atoms with Crippen LogP contribution < -0.4 is 15.0 Å². The Balaban J connectivity index is 2.43. The van der Waals surface area contributed by atoms with E-state index in [9.17, 15) is 0 Å². The minimum absolute atomic E-state index is 0.290. The highest BCUT2D eigenvalue weighted by molar-refractivity contribution is 5.52. The van der Waals surface area contributed by atoms with Gasteiger partial charge in [-0.1, -0.05) is 13.0 Å². The number of hydroxylamine groups is 1. The van der Waals surface area contributed by atoms with Crippen LogP contribution in [0.1, 0.15) is 18.1 Å². The Morgan fingerprint density at radius 2 is 2.29 bits per heavy atom. The molecule has 2 N–H and O–H groups in total. The van der Waals surface area contributed by atoms with Gasteiger partial charge in [-0.15, -0.1) is 0 Å². The van der Waals surface area contributed by atoms with Crippen LogP contribution in [0.15, 0.2) is 12.1 Å². The Hall–Kier alpha value is -1.26. The summed E-state index contributed by atoms with van der Waals surface area (Å²) in [5.41, 5.74) is 4.29. The second-order valence-electron chi connectivity index (χ2n) is 3.13. The first kappa shape index (κ1) is 9.30. The lowest BCUT2D eigenvalue weighted by Gasteiger charge is -2.09. The van der Waals surface area contributed by atoms with Gasteiger partial charge >= 0.3 is 0 Å². The highest BCUT2D eigenvalue weighted by atomic mass is 16.7. The molecule has 76 valence electrons. The van der Waals surface area contributed by atoms with Gasteiger partial charge in [-0.2, -0.15) is 0 Å². The highest BCUT2D eigenvalue weighted by Crippen LogP contribution is 2.37. The van der Waals surface area contributed by atoms with Crippen LogP contribution in [0.3, 0.4) is 0 Å². The molecule has 14 heavy (non-hydrogen) atoms. The standard InChI is InChI=1S/C10H13NO3/c1-2-8-7(5-11-12)3-4-9-10(8)14-6-13-9/h3-4,11-12H,2,5-6H2,1H3. The first-order chi connectivity index (χ1) is 6.86. The maximum atomic E-state index is 8.67. The lowest BCUT2D eigenvalue weighted by atomic mass is 10.0. The van der Waals surface area contributed by atoms with Crippen molar-refractivity contribution in [3.63, 3.8) is 0 Å². The molecule has 0 unspecified atom stereocenters. The van der Waals surface area contributed by atoms with Crippen molar-refractivity contribution in [1.29, 1.82) is 0 Å². The molecular formula is C10H13NO3. The monoisotopic (exact) mass is 195 g/mol. The van der Waals surface area contributed by atoms with Crippen LogP contribution >= 0.6 is 0 Å². The van der Waals surface area contributed by atoms with Crippen molar-refractivity contribution in [1.82, 2.24) is 5.48 Å². The van der Waals surface area contributed by atoms with Gasteiger partial charge in [0.05, 0.1) is 0 Å². The van der Waals surface area contributed by atoms with Crippen LogP contribution in [0.25, 0.3) is 0 Å². The molecule has 0 bridgehead atoms. The third-order valence-electron chi connectivity index (χ3n) is 2.36. The van der Waals surface area contributed by atoms with Gasteiger partial charge in [0.25, 0.3) is 0 Å². The Morgan fingerprint density at radius 1 is 1.43 bits per heavy atom. The molecule has 0 saturated heterocycles. The minimum atomic E-state index is 0.290. The predicted molar refractivity (Wildman–Crippen MR) is 50.6 cm³/mol. The Bertz CT molecular complexity index is 338. The van der Waals surface area contributed by atoms with Gasteiger partial charge in [-0.05, 0) is 18.1 Å². The van der Waals surface area contributed by atoms with E-state index in [1.807, 2.05) is 12.1 Å². The van der Waals surface area contributed by atoms with Crippen LogP contribution in [0.4, 0.5) is 0 Å². The summed E-state index contributed by atoms with van der Waals surface area (Å²) >= 11 is 0. The quantitative estimate of drug-likeness (QED) is 0.717. The third-order valence-corrected chi connectivity index (χ3v) is 2.36. The summed E-state index contributed by atoms with van der Waals surface area (Å²) in [6.07, 6.45) is 0.865. The predicted octanol–water partition coefficient (Wildman–Crippen LogP) is 1.46. The van der Waals surface area contributed by atoms with Gasteiger partial charge in [0.2, 0.25) is 6.79 Å². The summed E-state index contributed by atoms with van der Waals surface area (Å²) < 4.78 is 10.6. The van der Waals surface area contributed by atoms with E-state index in [0.29, 0.717) is 13.3 Å². The van der Waals surface area contributed by atoms with E-state index in [2.05, 4.69) is 12.4 Å². The summed E-state index contributed by atoms with van der Waals surface area (Å²) in [4.78, 5) is 0. The number of hydrogen-bond acceptors (Lipinski definition) is 4. The van der Waals surface area contributed by atoms with E-state index in [-0.39, 0.29) is 0 Å². The molecule has 0 amide bonds. The maximum absolute atomic E-state index is 8.67. The molecule has 4 nitrogen and oxygen atoms in total. The van der Waals surface area contributed by atoms with Crippen molar-refractivity contribution in [2.45, 2.75) is 19.9 Å². The maximum Gasteiger partial charge on any atom is 0.231 e. The summed E-state index contributed by atoms with van der Waals surface area (Å²) in [6.45, 7) is 2.77. The number of benzene rings is 1. The van der Waals surface area contributed by atoms with E-state index in [4.69, 9.17) is 14.7 Å². The number of ether oxygens (including phenoxy) is 2. The Labute approximate surface area is 82.4 Å². The fourth-order valence-electron chi connectivity index (χ4n) is 1.71. The second kappa shape index (κ2) is 3.86. The molecule has 1 aromatic carbocycles. The first-order valence-electron chi connectivity index (χ1n) is 4.64. The van der Waals surface area contributed by atoms with E-state index < -0.39 is 0 Å². The molecule has 0 fully saturated rings. The lowest BCUT2D eigenvalue weighted by Crippen LogP contribution is -2.08. The minimum Gasteiger partial charge on any atom is -0.454 e. The fraction of sp³-hybridized carbons (Fsp3) is 0.400. The van der Waals surface area contributed by atoms with E-state index in [1.165, 1.54) is 0 Å². The third kappa shape index (κ3) is 1.42. The smallest absolute Gasteiger partial charge is 0.231 e. The van der Waals surface area contributed by atoms with E-state index in [0.717, 1.165) is 29.0 Å². The van der Waals surface area contributed by atoms with Crippen LogP contribution in [-0.2, 0) is 13.0 Å². The molecule has 2 rings (SSSR count). The SMILES string of the molecule is CCc1c(CNO)ccc2c1OCO2. The molecule has 0 radical (unpaired) electrons. The molecule has 1 aliphatic rings. The average Bonchev–Trinajstić information content (AvgIpc) is 2.66. The van der Waals surface area contributed by atoms with Gasteiger partial charge in [0, 0.05) is 12.1 Å². The van der Waals surface area contributed by atoms with Crippen molar-refractivity contribution in [3.8, 4) is 11.5 Å². The Morgan fingerprint density at radius 3 is 3.00 bits per heavy atom. The zero-order valence-electron chi connectivity index (χ0n) is 8.04. The molecular weight excluding hydrogens is 182 g/mol. The molecule has 4 heteroatoms.